The largest absolute Gasteiger partial charge is 0.345 e. The lowest BCUT2D eigenvalue weighted by molar-refractivity contribution is 0.0939. The van der Waals surface area contributed by atoms with Gasteiger partial charge < -0.3 is 10.3 Å². The lowest BCUT2D eigenvalue weighted by atomic mass is 10.1. The van der Waals surface area contributed by atoms with Crippen molar-refractivity contribution in [1.29, 1.82) is 0 Å². The summed E-state index contributed by atoms with van der Waals surface area (Å²) < 4.78 is 1.90. The summed E-state index contributed by atoms with van der Waals surface area (Å²) >= 11 is 0. The van der Waals surface area contributed by atoms with Gasteiger partial charge in [-0.3, -0.25) is 9.59 Å². The number of hydrogen-bond acceptors (Lipinski definition) is 3. The molecule has 140 valence electrons. The molecule has 1 atom stereocenters. The van der Waals surface area contributed by atoms with Crippen molar-refractivity contribution in [2.75, 3.05) is 0 Å². The number of H-pyrrole nitrogens is 1. The van der Waals surface area contributed by atoms with Crippen LogP contribution in [-0.4, -0.2) is 20.7 Å². The van der Waals surface area contributed by atoms with Gasteiger partial charge in [-0.1, -0.05) is 36.4 Å². The molecule has 0 spiro atoms. The quantitative estimate of drug-likeness (QED) is 0.575. The summed E-state index contributed by atoms with van der Waals surface area (Å²) in [5, 5.41) is 9.79. The molecule has 2 N–H and O–H groups in total. The molecule has 6 heteroatoms. The van der Waals surface area contributed by atoms with Crippen LogP contribution in [0.25, 0.3) is 16.5 Å². The van der Waals surface area contributed by atoms with Crippen LogP contribution in [-0.2, 0) is 0 Å². The first-order valence-corrected chi connectivity index (χ1v) is 9.07. The van der Waals surface area contributed by atoms with E-state index in [1.54, 1.807) is 6.20 Å². The maximum Gasteiger partial charge on any atom is 0.253 e. The number of nitrogens with zero attached hydrogens (tertiary/aromatic N) is 2. The Balaban J connectivity index is 1.63. The second-order valence-corrected chi connectivity index (χ2v) is 6.73. The molecule has 0 saturated carbocycles. The Bertz CT molecular complexity index is 1200. The lowest BCUT2D eigenvalue weighted by Crippen LogP contribution is -2.27. The second kappa shape index (κ2) is 7.15. The van der Waals surface area contributed by atoms with Gasteiger partial charge in [0.2, 0.25) is 5.56 Å². The molecule has 1 unspecified atom stereocenters. The van der Waals surface area contributed by atoms with Crippen molar-refractivity contribution in [3.05, 3.63) is 94.2 Å². The third-order valence-corrected chi connectivity index (χ3v) is 4.90. The molecule has 0 aliphatic heterocycles. The summed E-state index contributed by atoms with van der Waals surface area (Å²) in [5.41, 5.74) is 3.07. The van der Waals surface area contributed by atoms with E-state index in [0.29, 0.717) is 5.56 Å². The van der Waals surface area contributed by atoms with Gasteiger partial charge in [0, 0.05) is 28.9 Å². The average Bonchev–Trinajstić information content (AvgIpc) is 3.09. The molecular formula is C22H20N4O2. The van der Waals surface area contributed by atoms with Crippen LogP contribution in [0.1, 0.15) is 34.6 Å². The molecule has 2 aromatic heterocycles. The van der Waals surface area contributed by atoms with Crippen molar-refractivity contribution >= 4 is 16.7 Å². The minimum Gasteiger partial charge on any atom is -0.345 e. The van der Waals surface area contributed by atoms with E-state index in [-0.39, 0.29) is 17.5 Å². The molecule has 2 aromatic carbocycles. The standard InChI is InChI=1S/C22H20N4O2/c1-14(25-22(28)17-10-11-21(27)23-12-17)19-13-24-26(15(19)2)20-9-5-7-16-6-3-4-8-18(16)20/h3-14H,1-2H3,(H,23,27)(H,25,28). The van der Waals surface area contributed by atoms with Gasteiger partial charge in [-0.15, -0.1) is 0 Å². The number of nitrogens with one attached hydrogen (secondary N) is 2. The van der Waals surface area contributed by atoms with Crippen molar-refractivity contribution < 1.29 is 4.79 Å². The third-order valence-electron chi connectivity index (χ3n) is 4.90. The van der Waals surface area contributed by atoms with Gasteiger partial charge in [-0.05, 0) is 31.4 Å². The molecule has 1 amide bonds. The molecule has 4 aromatic rings. The predicted molar refractivity (Wildman–Crippen MR) is 109 cm³/mol. The van der Waals surface area contributed by atoms with Gasteiger partial charge >= 0.3 is 0 Å². The first-order valence-electron chi connectivity index (χ1n) is 9.07. The van der Waals surface area contributed by atoms with Crippen LogP contribution < -0.4 is 10.9 Å². The van der Waals surface area contributed by atoms with E-state index in [0.717, 1.165) is 27.7 Å². The highest BCUT2D eigenvalue weighted by molar-refractivity contribution is 5.94. The molecule has 2 heterocycles. The zero-order valence-electron chi connectivity index (χ0n) is 15.6. The maximum absolute atomic E-state index is 12.4. The van der Waals surface area contributed by atoms with E-state index in [1.807, 2.05) is 42.8 Å². The van der Waals surface area contributed by atoms with Crippen LogP contribution in [0.3, 0.4) is 0 Å². The number of hydrogen-bond donors (Lipinski definition) is 2. The molecule has 0 aliphatic carbocycles. The number of amides is 1. The molecule has 4 rings (SSSR count). The third kappa shape index (κ3) is 3.20. The minimum atomic E-state index is -0.249. The second-order valence-electron chi connectivity index (χ2n) is 6.73. The summed E-state index contributed by atoms with van der Waals surface area (Å²) in [6, 6.07) is 16.9. The summed E-state index contributed by atoms with van der Waals surface area (Å²) in [6.07, 6.45) is 3.20. The zero-order chi connectivity index (χ0) is 19.7. The van der Waals surface area contributed by atoms with Crippen LogP contribution in [0.2, 0.25) is 0 Å². The number of aromatic amines is 1. The Hall–Kier alpha value is -3.67. The van der Waals surface area contributed by atoms with Crippen LogP contribution in [0.4, 0.5) is 0 Å². The van der Waals surface area contributed by atoms with E-state index < -0.39 is 0 Å². The fraction of sp³-hybridized carbons (Fsp3) is 0.136. The highest BCUT2D eigenvalue weighted by atomic mass is 16.2. The summed E-state index contributed by atoms with van der Waals surface area (Å²) in [7, 11) is 0. The van der Waals surface area contributed by atoms with E-state index in [9.17, 15) is 9.59 Å². The van der Waals surface area contributed by atoms with Crippen LogP contribution in [0.15, 0.2) is 71.8 Å². The van der Waals surface area contributed by atoms with Gasteiger partial charge in [0.15, 0.2) is 0 Å². The van der Waals surface area contributed by atoms with E-state index in [4.69, 9.17) is 0 Å². The molecule has 0 fully saturated rings. The van der Waals surface area contributed by atoms with Gasteiger partial charge in [0.05, 0.1) is 23.5 Å². The number of benzene rings is 2. The monoisotopic (exact) mass is 372 g/mol. The van der Waals surface area contributed by atoms with Crippen molar-refractivity contribution in [3.63, 3.8) is 0 Å². The molecule has 0 saturated heterocycles. The minimum absolute atomic E-state index is 0.233. The van der Waals surface area contributed by atoms with Crippen molar-refractivity contribution in [2.45, 2.75) is 19.9 Å². The Morgan fingerprint density at radius 3 is 2.68 bits per heavy atom. The molecule has 28 heavy (non-hydrogen) atoms. The van der Waals surface area contributed by atoms with E-state index >= 15 is 0 Å². The number of fused-ring (bicyclic) bond motifs is 1. The number of carbonyl (C=O) groups is 1. The number of carbonyl (C=O) groups excluding carboxylic acids is 1. The number of rotatable bonds is 4. The van der Waals surface area contributed by atoms with E-state index in [2.05, 4.69) is 33.6 Å². The zero-order valence-corrected chi connectivity index (χ0v) is 15.6. The fourth-order valence-corrected chi connectivity index (χ4v) is 3.39. The van der Waals surface area contributed by atoms with Crippen LogP contribution >= 0.6 is 0 Å². The fourth-order valence-electron chi connectivity index (χ4n) is 3.39. The van der Waals surface area contributed by atoms with Gasteiger partial charge in [-0.2, -0.15) is 5.10 Å². The van der Waals surface area contributed by atoms with E-state index in [1.165, 1.54) is 18.3 Å². The molecule has 0 radical (unpaired) electrons. The lowest BCUT2D eigenvalue weighted by Gasteiger charge is -2.15. The van der Waals surface area contributed by atoms with Gasteiger partial charge in [0.1, 0.15) is 0 Å². The highest BCUT2D eigenvalue weighted by Crippen LogP contribution is 2.26. The first-order chi connectivity index (χ1) is 13.5. The van der Waals surface area contributed by atoms with Crippen molar-refractivity contribution in [2.24, 2.45) is 0 Å². The average molecular weight is 372 g/mol. The normalized spacial score (nSPS) is 12.1. The molecular weight excluding hydrogens is 352 g/mol. The number of aromatic nitrogens is 3. The predicted octanol–water partition coefficient (Wildman–Crippen LogP) is 3.51. The molecule has 0 bridgehead atoms. The van der Waals surface area contributed by atoms with Crippen LogP contribution in [0, 0.1) is 6.92 Å². The Kier molecular flexibility index (Phi) is 4.53. The first kappa shape index (κ1) is 17.7. The molecule has 6 nitrogen and oxygen atoms in total. The smallest absolute Gasteiger partial charge is 0.253 e. The van der Waals surface area contributed by atoms with Gasteiger partial charge in [-0.25, -0.2) is 4.68 Å². The topological polar surface area (TPSA) is 79.8 Å². The summed E-state index contributed by atoms with van der Waals surface area (Å²) in [4.78, 5) is 26.1. The van der Waals surface area contributed by atoms with Crippen LogP contribution in [0.5, 0.6) is 0 Å². The Morgan fingerprint density at radius 1 is 1.11 bits per heavy atom. The summed E-state index contributed by atoms with van der Waals surface area (Å²) in [6.45, 7) is 3.91. The maximum atomic E-state index is 12.4. The van der Waals surface area contributed by atoms with Crippen molar-refractivity contribution in [1.82, 2.24) is 20.1 Å². The Labute approximate surface area is 161 Å². The van der Waals surface area contributed by atoms with Gasteiger partial charge in [0.25, 0.3) is 5.91 Å². The van der Waals surface area contributed by atoms with Crippen molar-refractivity contribution in [3.8, 4) is 5.69 Å². The SMILES string of the molecule is Cc1c(C(C)NC(=O)c2ccc(=O)[nH]c2)cnn1-c1cccc2ccccc12. The Morgan fingerprint density at radius 2 is 1.89 bits per heavy atom. The molecule has 0 aliphatic rings. The highest BCUT2D eigenvalue weighted by Gasteiger charge is 2.18. The number of pyridine rings is 1. The summed E-state index contributed by atoms with van der Waals surface area (Å²) in [5.74, 6) is -0.249.